The number of hydrogen-bond donors (Lipinski definition) is 2. The molecule has 18 heavy (non-hydrogen) atoms. The molecule has 2 N–H and O–H groups in total. The maximum absolute atomic E-state index is 11.0. The van der Waals surface area contributed by atoms with E-state index in [1.165, 1.54) is 12.8 Å². The van der Waals surface area contributed by atoms with Crippen molar-refractivity contribution < 1.29 is 5.11 Å². The number of rotatable bonds is 3. The van der Waals surface area contributed by atoms with Crippen LogP contribution in [0, 0.1) is 12.3 Å². The van der Waals surface area contributed by atoms with Gasteiger partial charge in [-0.1, -0.05) is 12.3 Å². The summed E-state index contributed by atoms with van der Waals surface area (Å²) in [6.45, 7) is 6.86. The molecule has 2 rings (SSSR count). The van der Waals surface area contributed by atoms with E-state index < -0.39 is 5.60 Å². The molecule has 2 heterocycles. The van der Waals surface area contributed by atoms with Gasteiger partial charge in [0, 0.05) is 12.6 Å². The number of aliphatic hydroxyl groups is 1. The highest BCUT2D eigenvalue weighted by Gasteiger charge is 2.44. The molecule has 102 valence electrons. The Morgan fingerprint density at radius 1 is 1.39 bits per heavy atom. The standard InChI is InChI=1S/C15H26N2O/c1-4-14(2,3)16-12-15(18)9-7-11-17-10-6-5-8-13(15)17/h1,13,16,18H,5-12H2,2-3H3/t13-,15-/m1/s1. The maximum Gasteiger partial charge on any atom is 0.0926 e. The zero-order valence-corrected chi connectivity index (χ0v) is 11.7. The lowest BCUT2D eigenvalue weighted by Crippen LogP contribution is -2.63. The molecule has 0 aliphatic carbocycles. The van der Waals surface area contributed by atoms with Crippen molar-refractivity contribution in [3.63, 3.8) is 0 Å². The predicted octanol–water partition coefficient (Wildman–Crippen LogP) is 1.37. The summed E-state index contributed by atoms with van der Waals surface area (Å²) >= 11 is 0. The van der Waals surface area contributed by atoms with Crippen molar-refractivity contribution in [2.24, 2.45) is 0 Å². The van der Waals surface area contributed by atoms with Gasteiger partial charge in [0.15, 0.2) is 0 Å². The van der Waals surface area contributed by atoms with Crippen molar-refractivity contribution >= 4 is 0 Å². The summed E-state index contributed by atoms with van der Waals surface area (Å²) in [4.78, 5) is 2.47. The Morgan fingerprint density at radius 2 is 2.11 bits per heavy atom. The normalized spacial score (nSPS) is 33.8. The Labute approximate surface area is 111 Å². The van der Waals surface area contributed by atoms with Crippen LogP contribution in [0.15, 0.2) is 0 Å². The summed E-state index contributed by atoms with van der Waals surface area (Å²) < 4.78 is 0. The SMILES string of the molecule is C#CC(C)(C)NC[C@]1(O)CCCN2CCCC[C@@H]21. The van der Waals surface area contributed by atoms with E-state index in [2.05, 4.69) is 16.1 Å². The largest absolute Gasteiger partial charge is 0.387 e. The number of fused-ring (bicyclic) bond motifs is 1. The van der Waals surface area contributed by atoms with E-state index in [0.29, 0.717) is 12.6 Å². The van der Waals surface area contributed by atoms with Crippen molar-refractivity contribution in [3.8, 4) is 12.3 Å². The van der Waals surface area contributed by atoms with E-state index >= 15 is 0 Å². The first-order valence-corrected chi connectivity index (χ1v) is 7.16. The molecule has 0 unspecified atom stereocenters. The van der Waals surface area contributed by atoms with E-state index in [4.69, 9.17) is 6.42 Å². The van der Waals surface area contributed by atoms with Gasteiger partial charge in [-0.15, -0.1) is 6.42 Å². The Bertz CT molecular complexity index is 332. The number of piperidine rings is 2. The molecule has 0 saturated carbocycles. The third-order valence-corrected chi connectivity index (χ3v) is 4.49. The average Bonchev–Trinajstić information content (AvgIpc) is 2.38. The lowest BCUT2D eigenvalue weighted by atomic mass is 9.79. The lowest BCUT2D eigenvalue weighted by Gasteiger charge is -2.50. The van der Waals surface area contributed by atoms with Crippen LogP contribution in [0.4, 0.5) is 0 Å². The highest BCUT2D eigenvalue weighted by atomic mass is 16.3. The first kappa shape index (κ1) is 13.9. The smallest absolute Gasteiger partial charge is 0.0926 e. The van der Waals surface area contributed by atoms with E-state index in [1.54, 1.807) is 0 Å². The first-order chi connectivity index (χ1) is 8.47. The molecule has 0 aromatic heterocycles. The van der Waals surface area contributed by atoms with Crippen molar-refractivity contribution in [1.82, 2.24) is 10.2 Å². The van der Waals surface area contributed by atoms with Gasteiger partial charge in [-0.25, -0.2) is 0 Å². The van der Waals surface area contributed by atoms with Crippen LogP contribution in [0.3, 0.4) is 0 Å². The molecule has 2 atom stereocenters. The second-order valence-corrected chi connectivity index (χ2v) is 6.38. The molecule has 0 aromatic rings. The summed E-state index contributed by atoms with van der Waals surface area (Å²) in [7, 11) is 0. The molecule has 0 spiro atoms. The molecule has 2 aliphatic rings. The second-order valence-electron chi connectivity index (χ2n) is 6.38. The van der Waals surface area contributed by atoms with E-state index in [-0.39, 0.29) is 5.54 Å². The Balaban J connectivity index is 2.02. The number of β-amino-alcohol motifs (C(OH)–C–C–N with tert-alkyl or cyclic N) is 1. The van der Waals surface area contributed by atoms with Crippen LogP contribution in [0.5, 0.6) is 0 Å². The molecule has 2 fully saturated rings. The second kappa shape index (κ2) is 5.21. The van der Waals surface area contributed by atoms with Gasteiger partial charge >= 0.3 is 0 Å². The monoisotopic (exact) mass is 250 g/mol. The van der Waals surface area contributed by atoms with Crippen LogP contribution < -0.4 is 5.32 Å². The van der Waals surface area contributed by atoms with Crippen LogP contribution in [-0.2, 0) is 0 Å². The lowest BCUT2D eigenvalue weighted by molar-refractivity contribution is -0.0935. The Morgan fingerprint density at radius 3 is 2.83 bits per heavy atom. The third kappa shape index (κ3) is 2.88. The molecule has 0 aromatic carbocycles. The Kier molecular flexibility index (Phi) is 4.01. The number of nitrogens with zero attached hydrogens (tertiary/aromatic N) is 1. The Hall–Kier alpha value is -0.560. The fourth-order valence-electron chi connectivity index (χ4n) is 3.25. The highest BCUT2D eigenvalue weighted by molar-refractivity contribution is 5.09. The quantitative estimate of drug-likeness (QED) is 0.743. The van der Waals surface area contributed by atoms with Crippen LogP contribution in [0.2, 0.25) is 0 Å². The van der Waals surface area contributed by atoms with Gasteiger partial charge in [-0.2, -0.15) is 0 Å². The van der Waals surface area contributed by atoms with Crippen LogP contribution in [-0.4, -0.2) is 46.8 Å². The zero-order chi connectivity index (χ0) is 13.2. The maximum atomic E-state index is 11.0. The van der Waals surface area contributed by atoms with Gasteiger partial charge in [-0.05, 0) is 52.6 Å². The fourth-order valence-corrected chi connectivity index (χ4v) is 3.25. The molecule has 0 bridgehead atoms. The zero-order valence-electron chi connectivity index (χ0n) is 11.7. The topological polar surface area (TPSA) is 35.5 Å². The minimum atomic E-state index is -0.604. The molecular weight excluding hydrogens is 224 g/mol. The number of hydrogen-bond acceptors (Lipinski definition) is 3. The molecule has 3 nitrogen and oxygen atoms in total. The molecule has 2 aliphatic heterocycles. The first-order valence-electron chi connectivity index (χ1n) is 7.16. The van der Waals surface area contributed by atoms with Gasteiger partial charge in [0.1, 0.15) is 0 Å². The molecule has 3 heteroatoms. The van der Waals surface area contributed by atoms with Crippen molar-refractivity contribution in [1.29, 1.82) is 0 Å². The highest BCUT2D eigenvalue weighted by Crippen LogP contribution is 2.33. The number of terminal acetylenes is 1. The van der Waals surface area contributed by atoms with Crippen LogP contribution in [0.1, 0.15) is 46.0 Å². The van der Waals surface area contributed by atoms with E-state index in [0.717, 1.165) is 32.4 Å². The minimum absolute atomic E-state index is 0.320. The fraction of sp³-hybridized carbons (Fsp3) is 0.867. The van der Waals surface area contributed by atoms with Crippen molar-refractivity contribution in [2.75, 3.05) is 19.6 Å². The van der Waals surface area contributed by atoms with Gasteiger partial charge < -0.3 is 5.11 Å². The van der Waals surface area contributed by atoms with Crippen LogP contribution in [0.25, 0.3) is 0 Å². The van der Waals surface area contributed by atoms with Gasteiger partial charge in [0.25, 0.3) is 0 Å². The average molecular weight is 250 g/mol. The molecular formula is C15H26N2O. The van der Waals surface area contributed by atoms with Crippen molar-refractivity contribution in [3.05, 3.63) is 0 Å². The number of nitrogens with one attached hydrogen (secondary N) is 1. The summed E-state index contributed by atoms with van der Waals surface area (Å²) in [5.74, 6) is 2.73. The molecule has 2 saturated heterocycles. The summed E-state index contributed by atoms with van der Waals surface area (Å²) in [5, 5.41) is 14.3. The van der Waals surface area contributed by atoms with Crippen molar-refractivity contribution in [2.45, 2.75) is 63.1 Å². The van der Waals surface area contributed by atoms with E-state index in [9.17, 15) is 5.11 Å². The minimum Gasteiger partial charge on any atom is -0.387 e. The van der Waals surface area contributed by atoms with Crippen LogP contribution >= 0.6 is 0 Å². The summed E-state index contributed by atoms with van der Waals surface area (Å²) in [6, 6.07) is 0.320. The summed E-state index contributed by atoms with van der Waals surface area (Å²) in [5.41, 5.74) is -0.945. The molecule has 0 radical (unpaired) electrons. The van der Waals surface area contributed by atoms with Gasteiger partial charge in [0.2, 0.25) is 0 Å². The van der Waals surface area contributed by atoms with Gasteiger partial charge in [0.05, 0.1) is 11.1 Å². The molecule has 0 amide bonds. The third-order valence-electron chi connectivity index (χ3n) is 4.49. The summed E-state index contributed by atoms with van der Waals surface area (Å²) in [6.07, 6.45) is 11.1. The van der Waals surface area contributed by atoms with Gasteiger partial charge in [-0.3, -0.25) is 10.2 Å². The predicted molar refractivity (Wildman–Crippen MR) is 74.3 cm³/mol. The van der Waals surface area contributed by atoms with E-state index in [1.807, 2.05) is 13.8 Å².